The predicted octanol–water partition coefficient (Wildman–Crippen LogP) is 2.42. The van der Waals surface area contributed by atoms with Gasteiger partial charge in [0.1, 0.15) is 0 Å². The monoisotopic (exact) mass is 289 g/mol. The van der Waals surface area contributed by atoms with Crippen LogP contribution >= 0.6 is 0 Å². The van der Waals surface area contributed by atoms with Gasteiger partial charge in [-0.15, -0.1) is 0 Å². The van der Waals surface area contributed by atoms with Crippen LogP contribution in [-0.2, 0) is 21.4 Å². The van der Waals surface area contributed by atoms with E-state index in [-0.39, 0.29) is 11.4 Å². The Kier molecular flexibility index (Phi) is 4.20. The highest BCUT2D eigenvalue weighted by Crippen LogP contribution is 2.18. The zero-order valence-electron chi connectivity index (χ0n) is 11.1. The summed E-state index contributed by atoms with van der Waals surface area (Å²) in [7, 11) is -3.81. The predicted molar refractivity (Wildman–Crippen MR) is 76.3 cm³/mol. The van der Waals surface area contributed by atoms with E-state index >= 15 is 0 Å². The van der Waals surface area contributed by atoms with Gasteiger partial charge in [0.2, 0.25) is 5.91 Å². The van der Waals surface area contributed by atoms with Gasteiger partial charge in [-0.3, -0.25) is 4.79 Å². The quantitative estimate of drug-likeness (QED) is 0.868. The Labute approximate surface area is 118 Å². The largest absolute Gasteiger partial charge is 0.274 e. The summed E-state index contributed by atoms with van der Waals surface area (Å²) >= 11 is 0. The first-order valence-electron chi connectivity index (χ1n) is 6.14. The van der Waals surface area contributed by atoms with Gasteiger partial charge in [-0.25, -0.2) is 12.7 Å². The Bertz CT molecular complexity index is 682. The summed E-state index contributed by atoms with van der Waals surface area (Å²) in [5.41, 5.74) is 0.766. The van der Waals surface area contributed by atoms with E-state index in [0.29, 0.717) is 0 Å². The summed E-state index contributed by atoms with van der Waals surface area (Å²) in [6.45, 7) is 1.29. The first-order valence-corrected chi connectivity index (χ1v) is 7.58. The van der Waals surface area contributed by atoms with E-state index in [4.69, 9.17) is 0 Å². The zero-order valence-corrected chi connectivity index (χ0v) is 11.9. The van der Waals surface area contributed by atoms with Crippen LogP contribution in [0, 0.1) is 0 Å². The van der Waals surface area contributed by atoms with Gasteiger partial charge in [-0.05, 0) is 17.7 Å². The maximum atomic E-state index is 12.5. The number of rotatable bonds is 4. The molecule has 0 spiro atoms. The van der Waals surface area contributed by atoms with Crippen molar-refractivity contribution in [2.45, 2.75) is 18.4 Å². The maximum absolute atomic E-state index is 12.5. The minimum atomic E-state index is -3.81. The van der Waals surface area contributed by atoms with Gasteiger partial charge in [0.25, 0.3) is 10.0 Å². The molecule has 0 radical (unpaired) electrons. The molecule has 0 bridgehead atoms. The molecular weight excluding hydrogens is 274 g/mol. The highest BCUT2D eigenvalue weighted by molar-refractivity contribution is 7.89. The van der Waals surface area contributed by atoms with Crippen LogP contribution in [0.5, 0.6) is 0 Å². The average Bonchev–Trinajstić information content (AvgIpc) is 2.46. The van der Waals surface area contributed by atoms with E-state index in [1.165, 1.54) is 19.1 Å². The van der Waals surface area contributed by atoms with Gasteiger partial charge >= 0.3 is 0 Å². The van der Waals surface area contributed by atoms with Crippen molar-refractivity contribution < 1.29 is 13.2 Å². The SMILES string of the molecule is CC(=O)N(Cc1ccccc1)S(=O)(=O)c1ccccc1. The highest BCUT2D eigenvalue weighted by atomic mass is 32.2. The molecule has 104 valence electrons. The Morgan fingerprint density at radius 2 is 1.45 bits per heavy atom. The summed E-state index contributed by atoms with van der Waals surface area (Å²) in [4.78, 5) is 11.8. The van der Waals surface area contributed by atoms with Gasteiger partial charge < -0.3 is 0 Å². The first-order chi connectivity index (χ1) is 9.51. The number of hydrogen-bond donors (Lipinski definition) is 0. The van der Waals surface area contributed by atoms with Crippen LogP contribution in [0.15, 0.2) is 65.6 Å². The highest BCUT2D eigenvalue weighted by Gasteiger charge is 2.26. The summed E-state index contributed by atoms with van der Waals surface area (Å²) in [5.74, 6) is -0.502. The molecule has 5 heteroatoms. The molecule has 0 aliphatic heterocycles. The number of carbonyl (C=O) groups is 1. The molecule has 0 atom stereocenters. The molecule has 0 fully saturated rings. The second-order valence-corrected chi connectivity index (χ2v) is 6.19. The Morgan fingerprint density at radius 1 is 0.950 bits per heavy atom. The van der Waals surface area contributed by atoms with E-state index in [1.54, 1.807) is 30.3 Å². The topological polar surface area (TPSA) is 54.5 Å². The smallest absolute Gasteiger partial charge is 0.266 e. The molecule has 0 heterocycles. The Morgan fingerprint density at radius 3 is 1.95 bits per heavy atom. The van der Waals surface area contributed by atoms with Gasteiger partial charge in [0.15, 0.2) is 0 Å². The zero-order chi connectivity index (χ0) is 14.6. The first kappa shape index (κ1) is 14.3. The molecular formula is C15H15NO3S. The van der Waals surface area contributed by atoms with Crippen molar-refractivity contribution >= 4 is 15.9 Å². The molecule has 20 heavy (non-hydrogen) atoms. The molecule has 0 unspecified atom stereocenters. The number of amides is 1. The number of sulfonamides is 1. The van der Waals surface area contributed by atoms with Gasteiger partial charge in [0, 0.05) is 6.92 Å². The van der Waals surface area contributed by atoms with Crippen LogP contribution in [0.2, 0.25) is 0 Å². The molecule has 0 aliphatic rings. The van der Waals surface area contributed by atoms with E-state index in [1.807, 2.05) is 18.2 Å². The molecule has 0 aromatic heterocycles. The fourth-order valence-electron chi connectivity index (χ4n) is 1.83. The van der Waals surface area contributed by atoms with E-state index in [2.05, 4.69) is 0 Å². The molecule has 0 saturated carbocycles. The lowest BCUT2D eigenvalue weighted by Gasteiger charge is -2.21. The van der Waals surface area contributed by atoms with Crippen LogP contribution in [0.25, 0.3) is 0 Å². The Balaban J connectivity index is 2.37. The molecule has 0 N–H and O–H groups in total. The number of benzene rings is 2. The lowest BCUT2D eigenvalue weighted by atomic mass is 10.2. The van der Waals surface area contributed by atoms with Crippen LogP contribution in [-0.4, -0.2) is 18.6 Å². The van der Waals surface area contributed by atoms with Gasteiger partial charge in [-0.2, -0.15) is 0 Å². The fraction of sp³-hybridized carbons (Fsp3) is 0.133. The van der Waals surface area contributed by atoms with E-state index in [0.717, 1.165) is 9.87 Å². The minimum Gasteiger partial charge on any atom is -0.274 e. The van der Waals surface area contributed by atoms with Gasteiger partial charge in [-0.1, -0.05) is 48.5 Å². The minimum absolute atomic E-state index is 0.0351. The lowest BCUT2D eigenvalue weighted by Crippen LogP contribution is -2.34. The third-order valence-corrected chi connectivity index (χ3v) is 4.69. The summed E-state index contributed by atoms with van der Waals surface area (Å²) in [5, 5.41) is 0. The van der Waals surface area contributed by atoms with Crippen molar-refractivity contribution in [2.24, 2.45) is 0 Å². The third kappa shape index (κ3) is 3.05. The molecule has 0 aliphatic carbocycles. The average molecular weight is 289 g/mol. The third-order valence-electron chi connectivity index (χ3n) is 2.85. The molecule has 1 amide bonds. The van der Waals surface area contributed by atoms with Crippen molar-refractivity contribution in [1.82, 2.24) is 4.31 Å². The van der Waals surface area contributed by atoms with Crippen molar-refractivity contribution in [3.05, 3.63) is 66.2 Å². The van der Waals surface area contributed by atoms with Crippen LogP contribution < -0.4 is 0 Å². The second kappa shape index (κ2) is 5.88. The summed E-state index contributed by atoms with van der Waals surface area (Å²) < 4.78 is 25.9. The van der Waals surface area contributed by atoms with Crippen LogP contribution in [0.4, 0.5) is 0 Å². The maximum Gasteiger partial charge on any atom is 0.266 e. The van der Waals surface area contributed by atoms with E-state index in [9.17, 15) is 13.2 Å². The fourth-order valence-corrected chi connectivity index (χ4v) is 3.25. The van der Waals surface area contributed by atoms with Crippen molar-refractivity contribution in [1.29, 1.82) is 0 Å². The summed E-state index contributed by atoms with van der Waals surface area (Å²) in [6.07, 6.45) is 0. The van der Waals surface area contributed by atoms with Gasteiger partial charge in [0.05, 0.1) is 11.4 Å². The standard InChI is InChI=1S/C15H15NO3S/c1-13(17)16(12-14-8-4-2-5-9-14)20(18,19)15-10-6-3-7-11-15/h2-11H,12H2,1H3. The van der Waals surface area contributed by atoms with Crippen molar-refractivity contribution in [3.63, 3.8) is 0 Å². The van der Waals surface area contributed by atoms with Crippen LogP contribution in [0.1, 0.15) is 12.5 Å². The number of nitrogens with zero attached hydrogens (tertiary/aromatic N) is 1. The lowest BCUT2D eigenvalue weighted by molar-refractivity contribution is -0.124. The second-order valence-electron chi connectivity index (χ2n) is 4.33. The van der Waals surface area contributed by atoms with Crippen molar-refractivity contribution in [3.8, 4) is 0 Å². The molecule has 2 aromatic carbocycles. The molecule has 2 aromatic rings. The number of carbonyl (C=O) groups excluding carboxylic acids is 1. The Hall–Kier alpha value is -2.14. The summed E-state index contributed by atoms with van der Waals surface area (Å²) in [6, 6.07) is 17.0. The van der Waals surface area contributed by atoms with Crippen LogP contribution in [0.3, 0.4) is 0 Å². The molecule has 0 saturated heterocycles. The van der Waals surface area contributed by atoms with E-state index < -0.39 is 15.9 Å². The molecule has 2 rings (SSSR count). The number of hydrogen-bond acceptors (Lipinski definition) is 3. The van der Waals surface area contributed by atoms with Crippen molar-refractivity contribution in [2.75, 3.05) is 0 Å². The normalized spacial score (nSPS) is 11.1. The molecule has 4 nitrogen and oxygen atoms in total.